The maximum Gasteiger partial charge on any atom is 0.257 e. The van der Waals surface area contributed by atoms with Gasteiger partial charge in [-0.3, -0.25) is 4.79 Å². The van der Waals surface area contributed by atoms with Gasteiger partial charge in [0, 0.05) is 38.1 Å². The van der Waals surface area contributed by atoms with E-state index in [-0.39, 0.29) is 5.91 Å². The summed E-state index contributed by atoms with van der Waals surface area (Å²) in [5.74, 6) is -0.000704. The van der Waals surface area contributed by atoms with Gasteiger partial charge in [0.1, 0.15) is 6.33 Å². The minimum atomic E-state index is -0.000704. The van der Waals surface area contributed by atoms with Crippen molar-refractivity contribution in [1.82, 2.24) is 19.8 Å². The van der Waals surface area contributed by atoms with Crippen molar-refractivity contribution < 1.29 is 4.79 Å². The van der Waals surface area contributed by atoms with Crippen LogP contribution in [0.5, 0.6) is 0 Å². The zero-order valence-corrected chi connectivity index (χ0v) is 18.7. The smallest absolute Gasteiger partial charge is 0.257 e. The number of carbonyl (C=O) groups is 1. The molecule has 0 spiro atoms. The summed E-state index contributed by atoms with van der Waals surface area (Å²) < 4.78 is 0. The molecule has 164 valence electrons. The molecule has 1 atom stereocenters. The second-order valence-electron chi connectivity index (χ2n) is 9.06. The number of likely N-dealkylation sites (tertiary alicyclic amines) is 1. The second kappa shape index (κ2) is 9.21. The van der Waals surface area contributed by atoms with Crippen LogP contribution in [0.15, 0.2) is 61.2 Å². The molecule has 2 aromatic carbocycles. The van der Waals surface area contributed by atoms with Crippen molar-refractivity contribution >= 4 is 5.91 Å². The highest BCUT2D eigenvalue weighted by atomic mass is 16.2. The van der Waals surface area contributed by atoms with Gasteiger partial charge in [0.15, 0.2) is 0 Å². The third-order valence-corrected chi connectivity index (χ3v) is 6.98. The van der Waals surface area contributed by atoms with Crippen LogP contribution in [0.3, 0.4) is 0 Å². The zero-order chi connectivity index (χ0) is 21.9. The van der Waals surface area contributed by atoms with E-state index in [4.69, 9.17) is 0 Å². The van der Waals surface area contributed by atoms with Gasteiger partial charge in [-0.2, -0.15) is 0 Å². The standard InChI is InChI=1S/C27H30N4O/c1-20-3-2-12-30(20)13-10-21-4-6-22(7-5-21)23-8-9-25-18-31(14-11-24(25)15-23)27(32)26-16-28-19-29-17-26/h4-9,15-17,19-20H,2-3,10-14,18H2,1H3. The Morgan fingerprint density at radius 3 is 2.53 bits per heavy atom. The highest BCUT2D eigenvalue weighted by Crippen LogP contribution is 2.27. The Balaban J connectivity index is 1.24. The average Bonchev–Trinajstić information content (AvgIpc) is 3.27. The molecule has 1 aromatic heterocycles. The Bertz CT molecular complexity index is 1080. The van der Waals surface area contributed by atoms with E-state index < -0.39 is 0 Å². The van der Waals surface area contributed by atoms with E-state index in [0.717, 1.165) is 32.0 Å². The van der Waals surface area contributed by atoms with Crippen LogP contribution >= 0.6 is 0 Å². The lowest BCUT2D eigenvalue weighted by molar-refractivity contribution is 0.0734. The van der Waals surface area contributed by atoms with Gasteiger partial charge in [0.25, 0.3) is 5.91 Å². The maximum absolute atomic E-state index is 12.7. The molecule has 0 radical (unpaired) electrons. The van der Waals surface area contributed by atoms with Crippen LogP contribution in [0.25, 0.3) is 11.1 Å². The lowest BCUT2D eigenvalue weighted by Gasteiger charge is -2.29. The summed E-state index contributed by atoms with van der Waals surface area (Å²) in [6.45, 7) is 6.10. The first kappa shape index (κ1) is 20.8. The number of fused-ring (bicyclic) bond motifs is 1. The summed E-state index contributed by atoms with van der Waals surface area (Å²) in [4.78, 5) is 25.2. The average molecular weight is 427 g/mol. The fraction of sp³-hybridized carbons (Fsp3) is 0.370. The van der Waals surface area contributed by atoms with E-state index in [1.807, 2.05) is 4.90 Å². The molecule has 1 saturated heterocycles. The molecule has 3 aromatic rings. The normalized spacial score (nSPS) is 18.5. The van der Waals surface area contributed by atoms with Gasteiger partial charge >= 0.3 is 0 Å². The van der Waals surface area contributed by atoms with E-state index in [0.29, 0.717) is 12.1 Å². The monoisotopic (exact) mass is 426 g/mol. The quantitative estimate of drug-likeness (QED) is 0.608. The molecule has 0 saturated carbocycles. The predicted molar refractivity (Wildman–Crippen MR) is 126 cm³/mol. The number of carbonyl (C=O) groups excluding carboxylic acids is 1. The first-order valence-electron chi connectivity index (χ1n) is 11.7. The zero-order valence-electron chi connectivity index (χ0n) is 18.7. The van der Waals surface area contributed by atoms with Crippen molar-refractivity contribution in [2.45, 2.75) is 45.2 Å². The minimum absolute atomic E-state index is 0.000704. The predicted octanol–water partition coefficient (Wildman–Crippen LogP) is 4.37. The Hall–Kier alpha value is -3.05. The van der Waals surface area contributed by atoms with Crippen molar-refractivity contribution in [3.05, 3.63) is 83.4 Å². The Labute approximate surface area is 190 Å². The van der Waals surface area contributed by atoms with Crippen LogP contribution in [-0.2, 0) is 19.4 Å². The van der Waals surface area contributed by atoms with E-state index >= 15 is 0 Å². The summed E-state index contributed by atoms with van der Waals surface area (Å²) in [6.07, 6.45) is 9.28. The largest absolute Gasteiger partial charge is 0.334 e. The van der Waals surface area contributed by atoms with Gasteiger partial charge in [0.05, 0.1) is 5.56 Å². The van der Waals surface area contributed by atoms with Crippen molar-refractivity contribution in [2.24, 2.45) is 0 Å². The lowest BCUT2D eigenvalue weighted by Crippen LogP contribution is -2.36. The highest BCUT2D eigenvalue weighted by molar-refractivity contribution is 5.93. The van der Waals surface area contributed by atoms with Crippen LogP contribution in [-0.4, -0.2) is 51.4 Å². The van der Waals surface area contributed by atoms with Crippen LogP contribution < -0.4 is 0 Å². The van der Waals surface area contributed by atoms with Crippen molar-refractivity contribution in [3.63, 3.8) is 0 Å². The van der Waals surface area contributed by atoms with Crippen molar-refractivity contribution in [1.29, 1.82) is 0 Å². The van der Waals surface area contributed by atoms with Crippen molar-refractivity contribution in [3.8, 4) is 11.1 Å². The minimum Gasteiger partial charge on any atom is -0.334 e. The van der Waals surface area contributed by atoms with E-state index in [1.54, 1.807) is 12.4 Å². The maximum atomic E-state index is 12.7. The van der Waals surface area contributed by atoms with Gasteiger partial charge in [-0.15, -0.1) is 0 Å². The van der Waals surface area contributed by atoms with Crippen LogP contribution in [0.1, 0.15) is 46.8 Å². The molecule has 32 heavy (non-hydrogen) atoms. The van der Waals surface area contributed by atoms with Crippen LogP contribution in [0.2, 0.25) is 0 Å². The van der Waals surface area contributed by atoms with Crippen LogP contribution in [0.4, 0.5) is 0 Å². The molecular formula is C27H30N4O. The first-order valence-corrected chi connectivity index (χ1v) is 11.7. The molecule has 5 nitrogen and oxygen atoms in total. The van der Waals surface area contributed by atoms with Gasteiger partial charge in [0.2, 0.25) is 0 Å². The molecular weight excluding hydrogens is 396 g/mol. The molecule has 0 N–H and O–H groups in total. The third kappa shape index (κ3) is 4.44. The number of rotatable bonds is 5. The van der Waals surface area contributed by atoms with E-state index in [1.165, 1.54) is 53.5 Å². The van der Waals surface area contributed by atoms with Gasteiger partial charge in [-0.25, -0.2) is 9.97 Å². The fourth-order valence-corrected chi connectivity index (χ4v) is 4.96. The van der Waals surface area contributed by atoms with E-state index in [2.05, 4.69) is 64.3 Å². The number of amides is 1. The van der Waals surface area contributed by atoms with E-state index in [9.17, 15) is 4.79 Å². The lowest BCUT2D eigenvalue weighted by atomic mass is 9.94. The summed E-state index contributed by atoms with van der Waals surface area (Å²) in [6, 6.07) is 16.4. The Morgan fingerprint density at radius 1 is 1.00 bits per heavy atom. The molecule has 2 aliphatic rings. The number of benzene rings is 2. The molecule has 2 aliphatic heterocycles. The number of hydrogen-bond donors (Lipinski definition) is 0. The first-order chi connectivity index (χ1) is 15.7. The molecule has 1 fully saturated rings. The number of aromatic nitrogens is 2. The molecule has 0 aliphatic carbocycles. The number of nitrogens with zero attached hydrogens (tertiary/aromatic N) is 4. The molecule has 5 rings (SSSR count). The summed E-state index contributed by atoms with van der Waals surface area (Å²) in [5.41, 5.74) is 7.02. The molecule has 3 heterocycles. The van der Waals surface area contributed by atoms with Gasteiger partial charge in [-0.1, -0.05) is 42.5 Å². The van der Waals surface area contributed by atoms with Crippen molar-refractivity contribution in [2.75, 3.05) is 19.6 Å². The molecule has 1 amide bonds. The summed E-state index contributed by atoms with van der Waals surface area (Å²) in [5, 5.41) is 0. The summed E-state index contributed by atoms with van der Waals surface area (Å²) in [7, 11) is 0. The highest BCUT2D eigenvalue weighted by Gasteiger charge is 2.22. The van der Waals surface area contributed by atoms with Gasteiger partial charge < -0.3 is 9.80 Å². The Kier molecular flexibility index (Phi) is 5.99. The topological polar surface area (TPSA) is 49.3 Å². The van der Waals surface area contributed by atoms with Crippen LogP contribution in [0, 0.1) is 0 Å². The Morgan fingerprint density at radius 2 is 1.78 bits per heavy atom. The summed E-state index contributed by atoms with van der Waals surface area (Å²) >= 11 is 0. The van der Waals surface area contributed by atoms with Gasteiger partial charge in [-0.05, 0) is 67.0 Å². The fourth-order valence-electron chi connectivity index (χ4n) is 4.96. The molecule has 0 bridgehead atoms. The number of hydrogen-bond acceptors (Lipinski definition) is 4. The third-order valence-electron chi connectivity index (χ3n) is 6.98. The molecule has 5 heteroatoms. The molecule has 1 unspecified atom stereocenters. The second-order valence-corrected chi connectivity index (χ2v) is 9.06. The SMILES string of the molecule is CC1CCCN1CCc1ccc(-c2ccc3c(c2)CCN(C(=O)c2cncnc2)C3)cc1.